The number of hydrogen-bond donors (Lipinski definition) is 1. The van der Waals surface area contributed by atoms with Crippen molar-refractivity contribution in [1.82, 2.24) is 9.80 Å². The second-order valence-electron chi connectivity index (χ2n) is 6.35. The molecular weight excluding hydrogens is 262 g/mol. The van der Waals surface area contributed by atoms with E-state index in [1.807, 2.05) is 19.1 Å². The molecule has 1 fully saturated rings. The van der Waals surface area contributed by atoms with Crippen molar-refractivity contribution >= 4 is 11.6 Å². The molecule has 0 spiro atoms. The van der Waals surface area contributed by atoms with E-state index in [2.05, 4.69) is 15.9 Å². The molecule has 2 N–H and O–H groups in total. The minimum atomic E-state index is -0.0447. The fraction of sp³-hybridized carbons (Fsp3) is 0.588. The van der Waals surface area contributed by atoms with Gasteiger partial charge in [-0.05, 0) is 43.0 Å². The van der Waals surface area contributed by atoms with Crippen molar-refractivity contribution in [1.29, 1.82) is 0 Å². The van der Waals surface area contributed by atoms with Crippen LogP contribution in [-0.4, -0.2) is 34.8 Å². The average Bonchev–Trinajstić information content (AvgIpc) is 2.71. The van der Waals surface area contributed by atoms with Gasteiger partial charge in [-0.3, -0.25) is 9.69 Å². The van der Waals surface area contributed by atoms with E-state index in [4.69, 9.17) is 5.73 Å². The second-order valence-corrected chi connectivity index (χ2v) is 6.35. The highest BCUT2D eigenvalue weighted by Gasteiger charge is 2.30. The molecule has 0 aliphatic carbocycles. The minimum absolute atomic E-state index is 0.0447. The Morgan fingerprint density at radius 3 is 2.48 bits per heavy atom. The van der Waals surface area contributed by atoms with Gasteiger partial charge < -0.3 is 10.6 Å². The first-order valence-electron chi connectivity index (χ1n) is 8.05. The molecule has 1 amide bonds. The summed E-state index contributed by atoms with van der Waals surface area (Å²) in [5, 5.41) is 0. The lowest BCUT2D eigenvalue weighted by Crippen LogP contribution is -2.45. The zero-order chi connectivity index (χ0) is 14.8. The van der Waals surface area contributed by atoms with Crippen molar-refractivity contribution < 1.29 is 4.79 Å². The van der Waals surface area contributed by atoms with Gasteiger partial charge in [0.05, 0.1) is 6.04 Å². The van der Waals surface area contributed by atoms with Gasteiger partial charge in [0.2, 0.25) is 5.91 Å². The molecule has 1 unspecified atom stereocenters. The molecule has 1 aromatic carbocycles. The minimum Gasteiger partial charge on any atom is -0.399 e. The van der Waals surface area contributed by atoms with E-state index in [1.54, 1.807) is 0 Å². The summed E-state index contributed by atoms with van der Waals surface area (Å²) in [6.45, 7) is 5.59. The second kappa shape index (κ2) is 6.06. The predicted octanol–water partition coefficient (Wildman–Crippen LogP) is 2.38. The van der Waals surface area contributed by atoms with Crippen LogP contribution in [0.4, 0.5) is 5.69 Å². The number of fused-ring (bicyclic) bond motifs is 1. The zero-order valence-corrected chi connectivity index (χ0v) is 12.8. The number of anilines is 1. The highest BCUT2D eigenvalue weighted by atomic mass is 16.2. The lowest BCUT2D eigenvalue weighted by molar-refractivity contribution is -0.136. The van der Waals surface area contributed by atoms with Crippen molar-refractivity contribution in [2.24, 2.45) is 0 Å². The van der Waals surface area contributed by atoms with E-state index in [0.717, 1.165) is 44.7 Å². The van der Waals surface area contributed by atoms with E-state index in [9.17, 15) is 4.79 Å². The van der Waals surface area contributed by atoms with Crippen LogP contribution in [0.25, 0.3) is 0 Å². The van der Waals surface area contributed by atoms with Gasteiger partial charge in [-0.1, -0.05) is 18.9 Å². The van der Waals surface area contributed by atoms with Crippen LogP contribution in [0.15, 0.2) is 18.2 Å². The first kappa shape index (κ1) is 14.4. The molecule has 114 valence electrons. The van der Waals surface area contributed by atoms with Gasteiger partial charge in [-0.15, -0.1) is 0 Å². The first-order valence-corrected chi connectivity index (χ1v) is 8.05. The fourth-order valence-electron chi connectivity index (χ4n) is 3.43. The fourth-order valence-corrected chi connectivity index (χ4v) is 3.43. The summed E-state index contributed by atoms with van der Waals surface area (Å²) in [6, 6.07) is 6.03. The molecule has 4 nitrogen and oxygen atoms in total. The van der Waals surface area contributed by atoms with Crippen molar-refractivity contribution in [2.45, 2.75) is 51.7 Å². The van der Waals surface area contributed by atoms with E-state index in [-0.39, 0.29) is 11.9 Å². The summed E-state index contributed by atoms with van der Waals surface area (Å²) in [5.41, 5.74) is 9.23. The van der Waals surface area contributed by atoms with Crippen LogP contribution in [-0.2, 0) is 17.9 Å². The molecule has 1 saturated heterocycles. The number of carbonyl (C=O) groups excluding carboxylic acids is 1. The molecule has 1 aromatic rings. The molecule has 2 heterocycles. The predicted molar refractivity (Wildman–Crippen MR) is 84.6 cm³/mol. The lowest BCUT2D eigenvalue weighted by Gasteiger charge is -2.29. The third-order valence-corrected chi connectivity index (χ3v) is 4.80. The molecule has 0 aromatic heterocycles. The van der Waals surface area contributed by atoms with Gasteiger partial charge in [-0.2, -0.15) is 0 Å². The number of nitrogens with zero attached hydrogens (tertiary/aromatic N) is 2. The van der Waals surface area contributed by atoms with E-state index < -0.39 is 0 Å². The summed E-state index contributed by atoms with van der Waals surface area (Å²) >= 11 is 0. The van der Waals surface area contributed by atoms with Gasteiger partial charge in [0.25, 0.3) is 0 Å². The number of benzene rings is 1. The maximum Gasteiger partial charge on any atom is 0.239 e. The number of likely N-dealkylation sites (tertiary alicyclic amines) is 1. The Morgan fingerprint density at radius 2 is 1.76 bits per heavy atom. The van der Waals surface area contributed by atoms with Crippen LogP contribution in [0.1, 0.15) is 43.7 Å². The zero-order valence-electron chi connectivity index (χ0n) is 12.8. The van der Waals surface area contributed by atoms with E-state index in [1.165, 1.54) is 24.0 Å². The van der Waals surface area contributed by atoms with Crippen molar-refractivity contribution in [2.75, 3.05) is 18.8 Å². The Morgan fingerprint density at radius 1 is 1.10 bits per heavy atom. The van der Waals surface area contributed by atoms with Crippen molar-refractivity contribution in [3.8, 4) is 0 Å². The summed E-state index contributed by atoms with van der Waals surface area (Å²) in [6.07, 6.45) is 4.81. The quantitative estimate of drug-likeness (QED) is 0.850. The Labute approximate surface area is 126 Å². The SMILES string of the molecule is CC(C(=O)N1CCCCCC1)N1Cc2ccc(N)cc2C1. The monoisotopic (exact) mass is 287 g/mol. The number of amides is 1. The van der Waals surface area contributed by atoms with Gasteiger partial charge in [-0.25, -0.2) is 0 Å². The van der Waals surface area contributed by atoms with Crippen LogP contribution < -0.4 is 5.73 Å². The molecule has 2 aliphatic rings. The standard InChI is InChI=1S/C17H25N3O/c1-13(17(21)19-8-4-2-3-5-9-19)20-11-14-6-7-16(18)10-15(14)12-20/h6-7,10,13H,2-5,8-9,11-12,18H2,1H3. The van der Waals surface area contributed by atoms with Crippen LogP contribution in [0.2, 0.25) is 0 Å². The number of nitrogens with two attached hydrogens (primary N) is 1. The molecule has 0 saturated carbocycles. The molecular formula is C17H25N3O. The Balaban J connectivity index is 1.66. The summed E-state index contributed by atoms with van der Waals surface area (Å²) in [5.74, 6) is 0.290. The van der Waals surface area contributed by atoms with Gasteiger partial charge in [0, 0.05) is 31.9 Å². The third kappa shape index (κ3) is 3.05. The molecule has 21 heavy (non-hydrogen) atoms. The third-order valence-electron chi connectivity index (χ3n) is 4.80. The smallest absolute Gasteiger partial charge is 0.239 e. The lowest BCUT2D eigenvalue weighted by atomic mass is 10.1. The Kier molecular flexibility index (Phi) is 4.15. The maximum atomic E-state index is 12.7. The Hall–Kier alpha value is -1.55. The van der Waals surface area contributed by atoms with Crippen LogP contribution in [0.3, 0.4) is 0 Å². The number of rotatable bonds is 2. The van der Waals surface area contributed by atoms with Gasteiger partial charge in [0.1, 0.15) is 0 Å². The average molecular weight is 287 g/mol. The summed E-state index contributed by atoms with van der Waals surface area (Å²) < 4.78 is 0. The molecule has 1 atom stereocenters. The van der Waals surface area contributed by atoms with Crippen LogP contribution in [0, 0.1) is 0 Å². The topological polar surface area (TPSA) is 49.6 Å². The molecule has 0 bridgehead atoms. The highest BCUT2D eigenvalue weighted by molar-refractivity contribution is 5.81. The van der Waals surface area contributed by atoms with Crippen LogP contribution in [0.5, 0.6) is 0 Å². The Bertz CT molecular complexity index is 521. The maximum absolute atomic E-state index is 12.7. The normalized spacial score (nSPS) is 20.9. The molecule has 3 rings (SSSR count). The van der Waals surface area contributed by atoms with Crippen molar-refractivity contribution in [3.63, 3.8) is 0 Å². The van der Waals surface area contributed by atoms with Crippen molar-refractivity contribution in [3.05, 3.63) is 29.3 Å². The molecule has 2 aliphatic heterocycles. The highest BCUT2D eigenvalue weighted by Crippen LogP contribution is 2.27. The van der Waals surface area contributed by atoms with Gasteiger partial charge >= 0.3 is 0 Å². The number of carbonyl (C=O) groups is 1. The molecule has 4 heteroatoms. The summed E-state index contributed by atoms with van der Waals surface area (Å²) in [7, 11) is 0. The molecule has 0 radical (unpaired) electrons. The first-order chi connectivity index (χ1) is 10.1. The largest absolute Gasteiger partial charge is 0.399 e. The van der Waals surface area contributed by atoms with E-state index >= 15 is 0 Å². The summed E-state index contributed by atoms with van der Waals surface area (Å²) in [4.78, 5) is 17.0. The van der Waals surface area contributed by atoms with Gasteiger partial charge in [0.15, 0.2) is 0 Å². The number of nitrogen functional groups attached to an aromatic ring is 1. The van der Waals surface area contributed by atoms with E-state index in [0.29, 0.717) is 0 Å². The number of hydrogen-bond acceptors (Lipinski definition) is 3. The van der Waals surface area contributed by atoms with Crippen LogP contribution >= 0.6 is 0 Å².